The zero-order chi connectivity index (χ0) is 42.0. The molecular formula is C46H52BBrN8O6PdS2. The number of rotatable bonds is 7. The third kappa shape index (κ3) is 11.4. The van der Waals surface area contributed by atoms with E-state index in [1.807, 2.05) is 32.6 Å². The fourth-order valence-corrected chi connectivity index (χ4v) is 10.3. The van der Waals surface area contributed by atoms with E-state index in [-0.39, 0.29) is 56.0 Å². The van der Waals surface area contributed by atoms with E-state index in [0.717, 1.165) is 74.2 Å². The van der Waals surface area contributed by atoms with Gasteiger partial charge < -0.3 is 11.0 Å². The molecule has 10 rings (SSSR count). The molecule has 0 saturated heterocycles. The second kappa shape index (κ2) is 22.8. The van der Waals surface area contributed by atoms with Gasteiger partial charge in [-0.15, -0.1) is 5.47 Å². The van der Waals surface area contributed by atoms with E-state index in [1.165, 1.54) is 26.4 Å². The molecule has 8 aromatic rings. The van der Waals surface area contributed by atoms with E-state index < -0.39 is 20.0 Å². The number of benzene rings is 2. The fraction of sp³-hybridized carbons (Fsp3) is 0.217. The van der Waals surface area contributed by atoms with Crippen LogP contribution in [0.1, 0.15) is 58.9 Å². The van der Waals surface area contributed by atoms with Gasteiger partial charge in [0.2, 0.25) is 0 Å². The minimum Gasteiger partial charge on any atom is -0.412 e. The second-order valence-corrected chi connectivity index (χ2v) is 19.1. The van der Waals surface area contributed by atoms with Crippen molar-refractivity contribution in [2.45, 2.75) is 63.2 Å². The summed E-state index contributed by atoms with van der Waals surface area (Å²) in [6.45, 7) is 0. The molecule has 2 radical (unpaired) electrons. The summed E-state index contributed by atoms with van der Waals surface area (Å²) in [6.07, 6.45) is 25.0. The van der Waals surface area contributed by atoms with Crippen LogP contribution in [0.15, 0.2) is 154 Å². The Kier molecular flexibility index (Phi) is 18.9. The molecule has 344 valence electrons. The molecule has 0 spiro atoms. The van der Waals surface area contributed by atoms with Crippen molar-refractivity contribution in [1.29, 1.82) is 0 Å². The number of nitrogens with zero attached hydrogens (tertiary/aromatic N) is 8. The molecule has 2 aliphatic carbocycles. The van der Waals surface area contributed by atoms with Crippen molar-refractivity contribution in [2.75, 3.05) is 0 Å². The van der Waals surface area contributed by atoms with Gasteiger partial charge in [-0.25, -0.2) is 34.7 Å². The first-order chi connectivity index (χ1) is 28.9. The maximum atomic E-state index is 13.3. The van der Waals surface area contributed by atoms with Crippen LogP contribution >= 0.6 is 15.9 Å². The van der Waals surface area contributed by atoms with Crippen LogP contribution in [0.3, 0.4) is 0 Å². The van der Waals surface area contributed by atoms with Gasteiger partial charge in [-0.05, 0) is 102 Å². The van der Waals surface area contributed by atoms with Crippen LogP contribution in [0.4, 0.5) is 0 Å². The molecule has 0 bridgehead atoms. The molecule has 14 nitrogen and oxygen atoms in total. The zero-order valence-electron chi connectivity index (χ0n) is 34.2. The first kappa shape index (κ1) is 54.1. The zero-order valence-corrected chi connectivity index (χ0v) is 39.0. The Morgan fingerprint density at radius 1 is 0.600 bits per heavy atom. The largest absolute Gasteiger partial charge is 0.412 e. The van der Waals surface area contributed by atoms with Crippen LogP contribution < -0.4 is 0 Å². The number of allylic oxidation sites excluding steroid dienone is 4. The third-order valence-electron chi connectivity index (χ3n) is 10.3. The van der Waals surface area contributed by atoms with E-state index >= 15 is 0 Å². The molecule has 0 amide bonds. The Morgan fingerprint density at radius 3 is 1.46 bits per heavy atom. The Bertz CT molecular complexity index is 3150. The molecule has 0 saturated carbocycles. The van der Waals surface area contributed by atoms with Crippen LogP contribution in [0, 0.1) is 0 Å². The van der Waals surface area contributed by atoms with Crippen molar-refractivity contribution in [2.24, 2.45) is 14.1 Å². The average Bonchev–Trinajstić information content (AvgIpc) is 4.12. The van der Waals surface area contributed by atoms with Gasteiger partial charge in [0.1, 0.15) is 7.85 Å². The Labute approximate surface area is 404 Å². The first-order valence-electron chi connectivity index (χ1n) is 19.3. The maximum absolute atomic E-state index is 13.3. The Balaban J connectivity index is 0.000000288. The second-order valence-electron chi connectivity index (χ2n) is 14.5. The Hall–Kier alpha value is -5.25. The molecular weight excluding hydrogens is 1020 g/mol. The molecule has 0 unspecified atom stereocenters. The molecule has 65 heavy (non-hydrogen) atoms. The number of aromatic nitrogens is 8. The van der Waals surface area contributed by atoms with Crippen LogP contribution in [0.25, 0.3) is 49.9 Å². The predicted molar refractivity (Wildman–Crippen MR) is 260 cm³/mol. The number of hydrogen-bond acceptors (Lipinski definition) is 8. The summed E-state index contributed by atoms with van der Waals surface area (Å²) in [4.78, 5) is 9.37. The van der Waals surface area contributed by atoms with Crippen molar-refractivity contribution >= 4 is 71.5 Å². The number of hydrogen-bond donors (Lipinski definition) is 0. The van der Waals surface area contributed by atoms with Gasteiger partial charge >= 0.3 is 0 Å². The molecule has 6 aromatic heterocycles. The van der Waals surface area contributed by atoms with Crippen molar-refractivity contribution in [1.82, 2.24) is 37.5 Å². The van der Waals surface area contributed by atoms with E-state index in [2.05, 4.69) is 54.3 Å². The smallest absolute Gasteiger partial charge is 0.269 e. The van der Waals surface area contributed by atoms with Gasteiger partial charge in [-0.1, -0.05) is 63.4 Å². The average molecular weight is 1070 g/mol. The number of aryl methyl sites for hydroxylation is 2. The van der Waals surface area contributed by atoms with E-state index in [4.69, 9.17) is 7.85 Å². The minimum absolute atomic E-state index is 0. The third-order valence-corrected chi connectivity index (χ3v) is 14.1. The summed E-state index contributed by atoms with van der Waals surface area (Å²) in [7, 11) is 1.54. The predicted octanol–water partition coefficient (Wildman–Crippen LogP) is 8.52. The number of halogens is 1. The van der Waals surface area contributed by atoms with Crippen LogP contribution in [0.2, 0.25) is 0 Å². The van der Waals surface area contributed by atoms with Gasteiger partial charge in [0.25, 0.3) is 20.0 Å². The van der Waals surface area contributed by atoms with E-state index in [0.29, 0.717) is 11.3 Å². The molecule has 2 aliphatic rings. The summed E-state index contributed by atoms with van der Waals surface area (Å²) in [6, 6.07) is 20.7. The summed E-state index contributed by atoms with van der Waals surface area (Å²) >= 11 is 3.41. The topological polar surface area (TPSA) is 203 Å². The SMILES string of the molecule is C.C.Cn1cc(-c2cn(S(=O)(=O)c3ccccc3)c3ncc(Br)cc23)cn1.Cn1cc(-c2cn(S(=O)(=O)c3ccccc3)c3ncc(C4=CCCC4)cc23)cn1.O.O.[B]C1=CCCC1.[Pd]. The van der Waals surface area contributed by atoms with Crippen molar-refractivity contribution in [3.8, 4) is 22.3 Å². The molecule has 0 fully saturated rings. The van der Waals surface area contributed by atoms with Gasteiger partial charge in [0, 0.05) is 109 Å². The monoisotopic (exact) mass is 1070 g/mol. The Morgan fingerprint density at radius 2 is 1.06 bits per heavy atom. The number of fused-ring (bicyclic) bond motifs is 2. The minimum atomic E-state index is -3.77. The van der Waals surface area contributed by atoms with Crippen molar-refractivity contribution in [3.05, 3.63) is 150 Å². The maximum Gasteiger partial charge on any atom is 0.269 e. The van der Waals surface area contributed by atoms with Crippen molar-refractivity contribution in [3.63, 3.8) is 0 Å². The molecule has 4 N–H and O–H groups in total. The normalized spacial score (nSPS) is 13.0. The first-order valence-corrected chi connectivity index (χ1v) is 23.0. The van der Waals surface area contributed by atoms with Gasteiger partial charge in [-0.3, -0.25) is 9.36 Å². The summed E-state index contributed by atoms with van der Waals surface area (Å²) in [5, 5.41) is 9.98. The van der Waals surface area contributed by atoms with Gasteiger partial charge in [0.15, 0.2) is 11.3 Å². The van der Waals surface area contributed by atoms with Gasteiger partial charge in [-0.2, -0.15) is 10.2 Å². The fourth-order valence-electron chi connectivity index (χ4n) is 7.30. The summed E-state index contributed by atoms with van der Waals surface area (Å²) in [5.74, 6) is 0. The van der Waals surface area contributed by atoms with E-state index in [9.17, 15) is 16.8 Å². The standard InChI is InChI=1S/C22H20N4O2S.C17H13BrN4O2S.C5H7B.2CH4.2H2O.Pd/c1-25-14-18(13-24-25)21-15-26(29(27,28)19-9-3-2-4-10-19)22-20(21)11-17(12-23-22)16-7-5-6-8-16;1-21-10-12(8-20-21)16-11-22(17-15(16)7-13(18)9-19-17)25(23,24)14-5-3-2-4-6-14;6-5-3-1-2-4-5;;;;;/h2-4,7,9-15H,5-6,8H2,1H3;2-11H,1H3;3H,1-2,4H2;2*1H4;2*1H2;. The van der Waals surface area contributed by atoms with Gasteiger partial charge in [0.05, 0.1) is 22.2 Å². The van der Waals surface area contributed by atoms with Crippen LogP contribution in [0.5, 0.6) is 0 Å². The quantitative estimate of drug-likeness (QED) is 0.141. The summed E-state index contributed by atoms with van der Waals surface area (Å²) in [5.41, 5.74) is 7.46. The molecule has 0 atom stereocenters. The molecule has 2 aromatic carbocycles. The van der Waals surface area contributed by atoms with Crippen molar-refractivity contribution < 1.29 is 48.2 Å². The molecule has 6 heterocycles. The number of pyridine rings is 2. The summed E-state index contributed by atoms with van der Waals surface area (Å²) < 4.78 is 59.5. The van der Waals surface area contributed by atoms with E-state index in [1.54, 1.807) is 107 Å². The molecule has 19 heteroatoms. The van der Waals surface area contributed by atoms with Crippen LogP contribution in [-0.4, -0.2) is 73.1 Å². The van der Waals surface area contributed by atoms with Crippen LogP contribution in [-0.2, 0) is 54.6 Å². The molecule has 0 aliphatic heterocycles.